The summed E-state index contributed by atoms with van der Waals surface area (Å²) in [7, 11) is 0. The molecule has 1 heterocycles. The minimum Gasteiger partial charge on any atom is -0.342 e. The molecule has 0 aliphatic rings. The number of carbonyl (C=O) groups is 2. The maximum atomic E-state index is 12.3. The number of hydrogen-bond donors (Lipinski definition) is 2. The number of hydrogen-bond acceptors (Lipinski definition) is 3. The van der Waals surface area contributed by atoms with Crippen LogP contribution in [0.2, 0.25) is 0 Å². The Hall–Kier alpha value is -2.69. The summed E-state index contributed by atoms with van der Waals surface area (Å²) >= 11 is 0. The van der Waals surface area contributed by atoms with Crippen LogP contribution in [0.3, 0.4) is 0 Å². The number of aromatic nitrogens is 1. The van der Waals surface area contributed by atoms with Crippen LogP contribution < -0.4 is 10.6 Å². The molecule has 0 atom stereocenters. The van der Waals surface area contributed by atoms with Gasteiger partial charge in [-0.2, -0.15) is 0 Å². The molecule has 5 heteroatoms. The van der Waals surface area contributed by atoms with E-state index in [9.17, 15) is 9.59 Å². The van der Waals surface area contributed by atoms with Crippen LogP contribution in [0.25, 0.3) is 0 Å². The van der Waals surface area contributed by atoms with E-state index >= 15 is 0 Å². The van der Waals surface area contributed by atoms with Crippen molar-refractivity contribution >= 4 is 17.5 Å². The van der Waals surface area contributed by atoms with E-state index in [1.54, 1.807) is 18.3 Å². The third kappa shape index (κ3) is 4.89. The first-order chi connectivity index (χ1) is 11.9. The molecule has 25 heavy (non-hydrogen) atoms. The molecule has 0 unspecified atom stereocenters. The molecule has 0 aliphatic heterocycles. The van der Waals surface area contributed by atoms with E-state index < -0.39 is 11.8 Å². The van der Waals surface area contributed by atoms with Gasteiger partial charge in [0.05, 0.1) is 12.2 Å². The van der Waals surface area contributed by atoms with Crippen molar-refractivity contribution in [2.75, 3.05) is 5.32 Å². The molecule has 0 bridgehead atoms. The topological polar surface area (TPSA) is 71.1 Å². The van der Waals surface area contributed by atoms with Crippen molar-refractivity contribution in [2.24, 2.45) is 0 Å². The Balaban J connectivity index is 2.12. The number of pyridine rings is 1. The van der Waals surface area contributed by atoms with E-state index in [0.29, 0.717) is 5.69 Å². The highest BCUT2D eigenvalue weighted by Gasteiger charge is 2.19. The van der Waals surface area contributed by atoms with Gasteiger partial charge in [0, 0.05) is 11.9 Å². The minimum atomic E-state index is -0.668. The van der Waals surface area contributed by atoms with Crippen LogP contribution in [0.4, 0.5) is 5.69 Å². The molecule has 0 saturated heterocycles. The molecule has 0 radical (unpaired) electrons. The zero-order chi connectivity index (χ0) is 18.4. The van der Waals surface area contributed by atoms with Gasteiger partial charge in [-0.25, -0.2) is 0 Å². The number of benzene rings is 1. The number of amides is 2. The summed E-state index contributed by atoms with van der Waals surface area (Å²) in [5.74, 6) is -0.846. The highest BCUT2D eigenvalue weighted by atomic mass is 16.2. The van der Waals surface area contributed by atoms with Gasteiger partial charge in [0.15, 0.2) is 0 Å². The number of anilines is 1. The average molecular weight is 339 g/mol. The molecule has 0 fully saturated rings. The van der Waals surface area contributed by atoms with Gasteiger partial charge in [0.2, 0.25) is 0 Å². The largest absolute Gasteiger partial charge is 0.342 e. The SMILES string of the molecule is CC(C)c1cccc(C(C)C)c1NC(=O)C(=O)NCc1ccccn1. The van der Waals surface area contributed by atoms with Crippen molar-refractivity contribution in [1.29, 1.82) is 0 Å². The first-order valence-corrected chi connectivity index (χ1v) is 8.52. The predicted octanol–water partition coefficient (Wildman–Crippen LogP) is 3.58. The molecule has 1 aromatic heterocycles. The third-order valence-corrected chi connectivity index (χ3v) is 3.97. The van der Waals surface area contributed by atoms with E-state index in [0.717, 1.165) is 16.8 Å². The van der Waals surface area contributed by atoms with Crippen LogP contribution in [0, 0.1) is 0 Å². The maximum absolute atomic E-state index is 12.3. The minimum absolute atomic E-state index is 0.218. The fraction of sp³-hybridized carbons (Fsp3) is 0.350. The molecule has 132 valence electrons. The van der Waals surface area contributed by atoms with Crippen LogP contribution in [-0.2, 0) is 16.1 Å². The fourth-order valence-electron chi connectivity index (χ4n) is 2.62. The fourth-order valence-corrected chi connectivity index (χ4v) is 2.62. The van der Waals surface area contributed by atoms with Crippen molar-refractivity contribution in [3.05, 3.63) is 59.4 Å². The first kappa shape index (κ1) is 18.6. The highest BCUT2D eigenvalue weighted by molar-refractivity contribution is 6.39. The monoisotopic (exact) mass is 339 g/mol. The van der Waals surface area contributed by atoms with Gasteiger partial charge in [-0.05, 0) is 35.1 Å². The zero-order valence-corrected chi connectivity index (χ0v) is 15.2. The smallest absolute Gasteiger partial charge is 0.313 e. The molecule has 2 rings (SSSR count). The van der Waals surface area contributed by atoms with Gasteiger partial charge in [0.25, 0.3) is 0 Å². The second kappa shape index (κ2) is 8.42. The third-order valence-electron chi connectivity index (χ3n) is 3.97. The Bertz CT molecular complexity index is 714. The molecule has 2 amide bonds. The van der Waals surface area contributed by atoms with Gasteiger partial charge in [-0.3, -0.25) is 14.6 Å². The number of rotatable bonds is 5. The second-order valence-electron chi connectivity index (χ2n) is 6.58. The molecule has 0 spiro atoms. The lowest BCUT2D eigenvalue weighted by atomic mass is 9.92. The summed E-state index contributed by atoms with van der Waals surface area (Å²) in [5.41, 5.74) is 3.49. The van der Waals surface area contributed by atoms with Crippen molar-refractivity contribution in [3.8, 4) is 0 Å². The summed E-state index contributed by atoms with van der Waals surface area (Å²) in [5, 5.41) is 5.41. The van der Waals surface area contributed by atoms with E-state index in [4.69, 9.17) is 0 Å². The standard InChI is InChI=1S/C20H25N3O2/c1-13(2)16-9-7-10-17(14(3)4)18(16)23-20(25)19(24)22-12-15-8-5-6-11-21-15/h5-11,13-14H,12H2,1-4H3,(H,22,24)(H,23,25). The summed E-state index contributed by atoms with van der Waals surface area (Å²) in [4.78, 5) is 28.6. The lowest BCUT2D eigenvalue weighted by molar-refractivity contribution is -0.136. The lowest BCUT2D eigenvalue weighted by Gasteiger charge is -2.20. The number of nitrogens with one attached hydrogen (secondary N) is 2. The van der Waals surface area contributed by atoms with Gasteiger partial charge in [-0.1, -0.05) is 52.0 Å². The number of carbonyl (C=O) groups excluding carboxylic acids is 2. The van der Waals surface area contributed by atoms with Crippen LogP contribution in [0.1, 0.15) is 56.4 Å². The Morgan fingerprint density at radius 1 is 0.920 bits per heavy atom. The number of para-hydroxylation sites is 1. The van der Waals surface area contributed by atoms with E-state index in [-0.39, 0.29) is 18.4 Å². The summed E-state index contributed by atoms with van der Waals surface area (Å²) < 4.78 is 0. The molecular formula is C20H25N3O2. The Labute approximate surface area is 148 Å². The van der Waals surface area contributed by atoms with E-state index in [2.05, 4.69) is 43.3 Å². The van der Waals surface area contributed by atoms with Gasteiger partial charge in [-0.15, -0.1) is 0 Å². The Morgan fingerprint density at radius 2 is 1.56 bits per heavy atom. The molecule has 2 N–H and O–H groups in total. The predicted molar refractivity (Wildman–Crippen MR) is 99.3 cm³/mol. The molecule has 0 saturated carbocycles. The summed E-state index contributed by atoms with van der Waals surface area (Å²) in [6.45, 7) is 8.48. The highest BCUT2D eigenvalue weighted by Crippen LogP contribution is 2.32. The molecule has 1 aromatic carbocycles. The van der Waals surface area contributed by atoms with Crippen molar-refractivity contribution in [2.45, 2.75) is 46.1 Å². The average Bonchev–Trinajstić information content (AvgIpc) is 2.60. The van der Waals surface area contributed by atoms with Crippen molar-refractivity contribution in [1.82, 2.24) is 10.3 Å². The molecule has 0 aliphatic carbocycles. The first-order valence-electron chi connectivity index (χ1n) is 8.52. The second-order valence-corrected chi connectivity index (χ2v) is 6.58. The molecule has 2 aromatic rings. The normalized spacial score (nSPS) is 10.8. The molecular weight excluding hydrogens is 314 g/mol. The zero-order valence-electron chi connectivity index (χ0n) is 15.2. The summed E-state index contributed by atoms with van der Waals surface area (Å²) in [6.07, 6.45) is 1.65. The van der Waals surface area contributed by atoms with E-state index in [1.807, 2.05) is 24.3 Å². The maximum Gasteiger partial charge on any atom is 0.313 e. The van der Waals surface area contributed by atoms with E-state index in [1.165, 1.54) is 0 Å². The van der Waals surface area contributed by atoms with Crippen molar-refractivity contribution < 1.29 is 9.59 Å². The van der Waals surface area contributed by atoms with Crippen LogP contribution >= 0.6 is 0 Å². The Morgan fingerprint density at radius 3 is 2.08 bits per heavy atom. The summed E-state index contributed by atoms with van der Waals surface area (Å²) in [6, 6.07) is 11.4. The number of nitrogens with zero attached hydrogens (tertiary/aromatic N) is 1. The molecule has 5 nitrogen and oxygen atoms in total. The quantitative estimate of drug-likeness (QED) is 0.818. The van der Waals surface area contributed by atoms with Gasteiger partial charge >= 0.3 is 11.8 Å². The lowest BCUT2D eigenvalue weighted by Crippen LogP contribution is -2.35. The van der Waals surface area contributed by atoms with Crippen LogP contribution in [0.15, 0.2) is 42.6 Å². The van der Waals surface area contributed by atoms with Gasteiger partial charge < -0.3 is 10.6 Å². The Kier molecular flexibility index (Phi) is 6.28. The van der Waals surface area contributed by atoms with Crippen LogP contribution in [0.5, 0.6) is 0 Å². The van der Waals surface area contributed by atoms with Gasteiger partial charge in [0.1, 0.15) is 0 Å². The van der Waals surface area contributed by atoms with Crippen LogP contribution in [-0.4, -0.2) is 16.8 Å². The van der Waals surface area contributed by atoms with Crippen molar-refractivity contribution in [3.63, 3.8) is 0 Å².